The molecule has 0 amide bonds. The molecule has 1 aliphatic carbocycles. The van der Waals surface area contributed by atoms with Crippen molar-refractivity contribution in [1.29, 1.82) is 0 Å². The smallest absolute Gasteiger partial charge is 0.136 e. The molecule has 0 aromatic carbocycles. The molecule has 0 aromatic heterocycles. The average Bonchev–Trinajstić information content (AvgIpc) is 2.43. The summed E-state index contributed by atoms with van der Waals surface area (Å²) in [6.45, 7) is 10.5. The van der Waals surface area contributed by atoms with Crippen molar-refractivity contribution in [3.05, 3.63) is 0 Å². The Hall–Kier alpha value is -0.370. The molecule has 1 rings (SSSR count). The number of rotatable bonds is 2. The highest BCUT2D eigenvalue weighted by Gasteiger charge is 2.48. The van der Waals surface area contributed by atoms with E-state index in [1.807, 2.05) is 6.92 Å². The van der Waals surface area contributed by atoms with Gasteiger partial charge in [-0.05, 0) is 31.6 Å². The number of aliphatic hydroxyl groups is 1. The van der Waals surface area contributed by atoms with Gasteiger partial charge in [0.15, 0.2) is 0 Å². The van der Waals surface area contributed by atoms with E-state index in [4.69, 9.17) is 5.11 Å². The molecular weight excluding hydrogens is 188 g/mol. The van der Waals surface area contributed by atoms with Gasteiger partial charge in [0.25, 0.3) is 0 Å². The molecule has 0 aliphatic heterocycles. The summed E-state index contributed by atoms with van der Waals surface area (Å²) in [5.41, 5.74) is 0.172. The first-order chi connectivity index (χ1) is 6.81. The summed E-state index contributed by atoms with van der Waals surface area (Å²) in [5, 5.41) is 7.88. The molecule has 0 bridgehead atoms. The van der Waals surface area contributed by atoms with Crippen molar-refractivity contribution < 1.29 is 9.90 Å². The maximum Gasteiger partial charge on any atom is 0.136 e. The minimum absolute atomic E-state index is 0.0486. The standard InChI is InChI=1S/C10H18O.C3H8O/c1-8(11)10(4)7-5-6-9(10,2)3;1-2-3-4/h5-7H2,1-4H3;4H,2-3H2,1H3. The van der Waals surface area contributed by atoms with Crippen LogP contribution >= 0.6 is 0 Å². The molecule has 0 spiro atoms. The zero-order valence-corrected chi connectivity index (χ0v) is 10.9. The molecule has 0 aromatic rings. The second kappa shape index (κ2) is 5.64. The van der Waals surface area contributed by atoms with Gasteiger partial charge < -0.3 is 5.11 Å². The Morgan fingerprint density at radius 1 is 1.27 bits per heavy atom. The van der Waals surface area contributed by atoms with Gasteiger partial charge in [-0.3, -0.25) is 4.79 Å². The predicted octanol–water partition coefficient (Wildman–Crippen LogP) is 3.18. The number of carbonyl (C=O) groups is 1. The molecule has 0 saturated heterocycles. The summed E-state index contributed by atoms with van der Waals surface area (Å²) < 4.78 is 0. The number of ketones is 1. The van der Waals surface area contributed by atoms with E-state index in [1.54, 1.807) is 6.92 Å². The van der Waals surface area contributed by atoms with E-state index in [2.05, 4.69) is 20.8 Å². The first kappa shape index (κ1) is 14.6. The first-order valence-corrected chi connectivity index (χ1v) is 5.93. The second-order valence-electron chi connectivity index (χ2n) is 5.35. The molecule has 1 N–H and O–H groups in total. The highest BCUT2D eigenvalue weighted by atomic mass is 16.2. The van der Waals surface area contributed by atoms with Crippen molar-refractivity contribution in [3.8, 4) is 0 Å². The molecule has 0 radical (unpaired) electrons. The van der Waals surface area contributed by atoms with Gasteiger partial charge in [0.2, 0.25) is 0 Å². The number of hydrogen-bond donors (Lipinski definition) is 1. The van der Waals surface area contributed by atoms with Crippen molar-refractivity contribution >= 4 is 5.78 Å². The fourth-order valence-electron chi connectivity index (χ4n) is 2.15. The number of carbonyl (C=O) groups excluding carboxylic acids is 1. The van der Waals surface area contributed by atoms with Crippen LogP contribution in [0.15, 0.2) is 0 Å². The van der Waals surface area contributed by atoms with Crippen molar-refractivity contribution in [3.63, 3.8) is 0 Å². The summed E-state index contributed by atoms with van der Waals surface area (Å²) in [5.74, 6) is 0.361. The van der Waals surface area contributed by atoms with E-state index < -0.39 is 0 Å². The van der Waals surface area contributed by atoms with Crippen molar-refractivity contribution in [2.75, 3.05) is 6.61 Å². The molecule has 1 atom stereocenters. The number of aliphatic hydroxyl groups excluding tert-OH is 1. The van der Waals surface area contributed by atoms with Crippen LogP contribution in [-0.2, 0) is 4.79 Å². The summed E-state index contributed by atoms with van der Waals surface area (Å²) in [6.07, 6.45) is 4.36. The molecule has 2 heteroatoms. The topological polar surface area (TPSA) is 37.3 Å². The summed E-state index contributed by atoms with van der Waals surface area (Å²) >= 11 is 0. The Kier molecular flexibility index (Phi) is 5.50. The number of Topliss-reactive ketones (excluding diaryl/α,β-unsaturated/α-hetero) is 1. The van der Waals surface area contributed by atoms with Crippen LogP contribution in [-0.4, -0.2) is 17.5 Å². The van der Waals surface area contributed by atoms with Crippen LogP contribution in [0.4, 0.5) is 0 Å². The third kappa shape index (κ3) is 3.30. The van der Waals surface area contributed by atoms with Crippen LogP contribution in [0.1, 0.15) is 60.3 Å². The lowest BCUT2D eigenvalue weighted by molar-refractivity contribution is -0.130. The van der Waals surface area contributed by atoms with Gasteiger partial charge in [0.05, 0.1) is 0 Å². The zero-order valence-electron chi connectivity index (χ0n) is 10.9. The van der Waals surface area contributed by atoms with Crippen molar-refractivity contribution in [2.24, 2.45) is 10.8 Å². The SMILES string of the molecule is CC(=O)C1(C)CCCC1(C)C.CCCO. The first-order valence-electron chi connectivity index (χ1n) is 5.93. The van der Waals surface area contributed by atoms with Gasteiger partial charge >= 0.3 is 0 Å². The molecule has 0 heterocycles. The quantitative estimate of drug-likeness (QED) is 0.766. The fourth-order valence-corrected chi connectivity index (χ4v) is 2.15. The zero-order chi connectivity index (χ0) is 12.1. The van der Waals surface area contributed by atoms with E-state index in [0.717, 1.165) is 12.8 Å². The van der Waals surface area contributed by atoms with E-state index >= 15 is 0 Å². The molecule has 1 aliphatic rings. The third-order valence-electron chi connectivity index (χ3n) is 3.97. The lowest BCUT2D eigenvalue weighted by atomic mass is 9.67. The van der Waals surface area contributed by atoms with Crippen molar-refractivity contribution in [1.82, 2.24) is 0 Å². The summed E-state index contributed by atoms with van der Waals surface area (Å²) in [7, 11) is 0. The van der Waals surface area contributed by atoms with Crippen molar-refractivity contribution in [2.45, 2.75) is 60.3 Å². The normalized spacial score (nSPS) is 28.1. The van der Waals surface area contributed by atoms with Crippen LogP contribution in [0.25, 0.3) is 0 Å². The van der Waals surface area contributed by atoms with E-state index in [0.29, 0.717) is 12.4 Å². The lowest BCUT2D eigenvalue weighted by Gasteiger charge is -2.35. The Morgan fingerprint density at radius 2 is 1.73 bits per heavy atom. The Balaban J connectivity index is 0.000000423. The Labute approximate surface area is 94.1 Å². The van der Waals surface area contributed by atoms with Gasteiger partial charge in [-0.2, -0.15) is 0 Å². The van der Waals surface area contributed by atoms with Crippen LogP contribution in [0, 0.1) is 10.8 Å². The molecule has 1 saturated carbocycles. The number of hydrogen-bond acceptors (Lipinski definition) is 2. The second-order valence-corrected chi connectivity index (χ2v) is 5.35. The highest BCUT2D eigenvalue weighted by Crippen LogP contribution is 2.52. The van der Waals surface area contributed by atoms with Gasteiger partial charge in [0, 0.05) is 12.0 Å². The Bertz CT molecular complexity index is 207. The van der Waals surface area contributed by atoms with Crippen LogP contribution in [0.5, 0.6) is 0 Å². The predicted molar refractivity (Wildman–Crippen MR) is 63.8 cm³/mol. The lowest BCUT2D eigenvalue weighted by Crippen LogP contribution is -2.35. The average molecular weight is 214 g/mol. The minimum Gasteiger partial charge on any atom is -0.396 e. The highest BCUT2D eigenvalue weighted by molar-refractivity contribution is 5.83. The monoisotopic (exact) mass is 214 g/mol. The third-order valence-corrected chi connectivity index (χ3v) is 3.97. The largest absolute Gasteiger partial charge is 0.396 e. The fraction of sp³-hybridized carbons (Fsp3) is 0.923. The van der Waals surface area contributed by atoms with Gasteiger partial charge in [-0.15, -0.1) is 0 Å². The van der Waals surface area contributed by atoms with Gasteiger partial charge in [-0.1, -0.05) is 34.1 Å². The maximum absolute atomic E-state index is 11.4. The van der Waals surface area contributed by atoms with E-state index in [-0.39, 0.29) is 10.8 Å². The summed E-state index contributed by atoms with van der Waals surface area (Å²) in [4.78, 5) is 11.4. The molecule has 90 valence electrons. The van der Waals surface area contributed by atoms with Gasteiger partial charge in [0.1, 0.15) is 5.78 Å². The molecule has 1 fully saturated rings. The minimum atomic E-state index is -0.0486. The van der Waals surface area contributed by atoms with Crippen LogP contribution < -0.4 is 0 Å². The van der Waals surface area contributed by atoms with Crippen LogP contribution in [0.2, 0.25) is 0 Å². The molecule has 2 nitrogen and oxygen atoms in total. The van der Waals surface area contributed by atoms with E-state index in [1.165, 1.54) is 12.8 Å². The van der Waals surface area contributed by atoms with Crippen LogP contribution in [0.3, 0.4) is 0 Å². The molecule has 15 heavy (non-hydrogen) atoms. The maximum atomic E-state index is 11.4. The van der Waals surface area contributed by atoms with E-state index in [9.17, 15) is 4.79 Å². The van der Waals surface area contributed by atoms with Gasteiger partial charge in [-0.25, -0.2) is 0 Å². The Morgan fingerprint density at radius 3 is 1.87 bits per heavy atom. The molecular formula is C13H26O2. The molecule has 1 unspecified atom stereocenters. The summed E-state index contributed by atoms with van der Waals surface area (Å²) in [6, 6.07) is 0.